The highest BCUT2D eigenvalue weighted by molar-refractivity contribution is 5.56. The van der Waals surface area contributed by atoms with Gasteiger partial charge in [0.05, 0.1) is 18.6 Å². The van der Waals surface area contributed by atoms with Crippen LogP contribution in [0.2, 0.25) is 0 Å². The second-order valence-corrected chi connectivity index (χ2v) is 4.70. The highest BCUT2D eigenvalue weighted by atomic mass is 16.6. The summed E-state index contributed by atoms with van der Waals surface area (Å²) < 4.78 is 10.4. The van der Waals surface area contributed by atoms with Gasteiger partial charge in [-0.1, -0.05) is 13.8 Å². The van der Waals surface area contributed by atoms with Crippen LogP contribution in [0.1, 0.15) is 20.3 Å². The number of ether oxygens (including phenoxy) is 2. The Bertz CT molecular complexity index is 438. The fourth-order valence-electron chi connectivity index (χ4n) is 1.49. The third-order valence-corrected chi connectivity index (χ3v) is 2.63. The predicted molar refractivity (Wildman–Crippen MR) is 76.2 cm³/mol. The number of aromatic nitrogens is 1. The molecule has 0 amide bonds. The topological polar surface area (TPSA) is 86.5 Å². The first-order valence-corrected chi connectivity index (χ1v) is 6.55. The van der Waals surface area contributed by atoms with Crippen LogP contribution in [0.15, 0.2) is 12.1 Å². The van der Waals surface area contributed by atoms with E-state index in [1.165, 1.54) is 19.2 Å². The minimum atomic E-state index is -0.478. The molecule has 0 saturated heterocycles. The van der Waals surface area contributed by atoms with Crippen molar-refractivity contribution in [2.75, 3.05) is 32.2 Å². The van der Waals surface area contributed by atoms with Gasteiger partial charge in [0.1, 0.15) is 0 Å². The van der Waals surface area contributed by atoms with Gasteiger partial charge in [-0.15, -0.1) is 0 Å². The van der Waals surface area contributed by atoms with Gasteiger partial charge in [-0.3, -0.25) is 10.1 Å². The molecule has 0 radical (unpaired) electrons. The Morgan fingerprint density at radius 2 is 2.15 bits per heavy atom. The zero-order valence-corrected chi connectivity index (χ0v) is 12.1. The van der Waals surface area contributed by atoms with E-state index < -0.39 is 4.92 Å². The molecular formula is C13H21N3O4. The van der Waals surface area contributed by atoms with Gasteiger partial charge in [-0.2, -0.15) is 4.98 Å². The van der Waals surface area contributed by atoms with Crippen LogP contribution in [0.3, 0.4) is 0 Å². The highest BCUT2D eigenvalue weighted by Crippen LogP contribution is 2.24. The summed E-state index contributed by atoms with van der Waals surface area (Å²) in [5.41, 5.74) is -0.0759. The van der Waals surface area contributed by atoms with Crippen molar-refractivity contribution in [3.63, 3.8) is 0 Å². The van der Waals surface area contributed by atoms with Crippen LogP contribution in [0.4, 0.5) is 11.5 Å². The van der Waals surface area contributed by atoms with Gasteiger partial charge in [-0.05, 0) is 12.3 Å². The van der Waals surface area contributed by atoms with Crippen LogP contribution < -0.4 is 10.1 Å². The molecule has 1 aromatic rings. The average Bonchev–Trinajstić information content (AvgIpc) is 2.41. The minimum Gasteiger partial charge on any atom is -0.481 e. The number of methoxy groups -OCH3 is 1. The first-order chi connectivity index (χ1) is 9.54. The second kappa shape index (κ2) is 8.31. The summed E-state index contributed by atoms with van der Waals surface area (Å²) in [6, 6.07) is 2.83. The number of nitrogens with zero attached hydrogens (tertiary/aromatic N) is 2. The third-order valence-electron chi connectivity index (χ3n) is 2.63. The molecule has 112 valence electrons. The van der Waals surface area contributed by atoms with Gasteiger partial charge in [0.15, 0.2) is 0 Å². The summed E-state index contributed by atoms with van der Waals surface area (Å²) in [5, 5.41) is 13.8. The number of nitro groups is 1. The molecule has 1 aromatic heterocycles. The Morgan fingerprint density at radius 1 is 1.40 bits per heavy atom. The van der Waals surface area contributed by atoms with Crippen molar-refractivity contribution >= 4 is 11.5 Å². The monoisotopic (exact) mass is 283 g/mol. The molecule has 0 spiro atoms. The lowest BCUT2D eigenvalue weighted by molar-refractivity contribution is -0.384. The minimum absolute atomic E-state index is 0.0759. The maximum absolute atomic E-state index is 10.9. The molecule has 0 aliphatic rings. The lowest BCUT2D eigenvalue weighted by atomic mass is 10.1. The van der Waals surface area contributed by atoms with Crippen LogP contribution in [-0.4, -0.2) is 36.8 Å². The number of hydrogen-bond donors (Lipinski definition) is 1. The van der Waals surface area contributed by atoms with Crippen LogP contribution >= 0.6 is 0 Å². The largest absolute Gasteiger partial charge is 0.481 e. The van der Waals surface area contributed by atoms with E-state index in [2.05, 4.69) is 24.1 Å². The molecule has 20 heavy (non-hydrogen) atoms. The number of nitrogens with one attached hydrogen (secondary N) is 1. The third kappa shape index (κ3) is 5.40. The molecule has 0 aromatic carbocycles. The molecule has 1 N–H and O–H groups in total. The summed E-state index contributed by atoms with van der Waals surface area (Å²) in [5.74, 6) is 1.13. The molecule has 0 fully saturated rings. The van der Waals surface area contributed by atoms with Gasteiger partial charge in [0, 0.05) is 25.3 Å². The zero-order chi connectivity index (χ0) is 15.0. The first kappa shape index (κ1) is 16.2. The molecule has 0 saturated carbocycles. The summed E-state index contributed by atoms with van der Waals surface area (Å²) in [6.45, 7) is 5.88. The molecule has 1 rings (SSSR count). The molecule has 0 aliphatic heterocycles. The maximum Gasteiger partial charge on any atom is 0.311 e. The van der Waals surface area contributed by atoms with Crippen molar-refractivity contribution in [3.8, 4) is 5.88 Å². The van der Waals surface area contributed by atoms with Crippen LogP contribution in [0.5, 0.6) is 5.88 Å². The molecule has 7 nitrogen and oxygen atoms in total. The highest BCUT2D eigenvalue weighted by Gasteiger charge is 2.15. The van der Waals surface area contributed by atoms with E-state index in [1.807, 2.05) is 0 Å². The van der Waals surface area contributed by atoms with E-state index in [1.54, 1.807) is 0 Å². The molecule has 0 bridgehead atoms. The van der Waals surface area contributed by atoms with E-state index >= 15 is 0 Å². The maximum atomic E-state index is 10.9. The predicted octanol–water partition coefficient (Wildman–Crippen LogP) is 2.47. The molecule has 1 heterocycles. The Hall–Kier alpha value is -1.89. The smallest absolute Gasteiger partial charge is 0.311 e. The van der Waals surface area contributed by atoms with Crippen molar-refractivity contribution in [1.82, 2.24) is 4.98 Å². The van der Waals surface area contributed by atoms with E-state index in [0.29, 0.717) is 31.6 Å². The van der Waals surface area contributed by atoms with Crippen LogP contribution in [0, 0.1) is 16.0 Å². The fourth-order valence-corrected chi connectivity index (χ4v) is 1.49. The average molecular weight is 283 g/mol. The van der Waals surface area contributed by atoms with Crippen molar-refractivity contribution in [2.24, 2.45) is 5.92 Å². The van der Waals surface area contributed by atoms with E-state index in [4.69, 9.17) is 9.47 Å². The number of rotatable bonds is 9. The Labute approximate surface area is 118 Å². The molecular weight excluding hydrogens is 262 g/mol. The molecule has 0 atom stereocenters. The number of hydrogen-bond acceptors (Lipinski definition) is 6. The lowest BCUT2D eigenvalue weighted by Gasteiger charge is -2.09. The Balaban J connectivity index is 2.47. The number of pyridine rings is 1. The molecule has 0 unspecified atom stereocenters. The first-order valence-electron chi connectivity index (χ1n) is 6.55. The van der Waals surface area contributed by atoms with Gasteiger partial charge in [-0.25, -0.2) is 0 Å². The normalized spacial score (nSPS) is 10.6. The van der Waals surface area contributed by atoms with Gasteiger partial charge in [0.2, 0.25) is 11.7 Å². The van der Waals surface area contributed by atoms with Crippen molar-refractivity contribution in [3.05, 3.63) is 22.2 Å². The zero-order valence-electron chi connectivity index (χ0n) is 12.1. The van der Waals surface area contributed by atoms with Crippen LogP contribution in [-0.2, 0) is 4.74 Å². The summed E-state index contributed by atoms with van der Waals surface area (Å²) in [6.07, 6.45) is 0.998. The van der Waals surface area contributed by atoms with Gasteiger partial charge < -0.3 is 14.8 Å². The van der Waals surface area contributed by atoms with E-state index in [9.17, 15) is 10.1 Å². The molecule has 0 aliphatic carbocycles. The van der Waals surface area contributed by atoms with Gasteiger partial charge >= 0.3 is 5.69 Å². The van der Waals surface area contributed by atoms with E-state index in [-0.39, 0.29) is 11.5 Å². The SMILES string of the molecule is COc1ccc([N+](=O)[O-])c(NCCOCCC(C)C)n1. The van der Waals surface area contributed by atoms with Crippen LogP contribution in [0.25, 0.3) is 0 Å². The Kier molecular flexibility index (Phi) is 6.72. The Morgan fingerprint density at radius 3 is 2.75 bits per heavy atom. The summed E-state index contributed by atoms with van der Waals surface area (Å²) in [7, 11) is 1.47. The van der Waals surface area contributed by atoms with E-state index in [0.717, 1.165) is 6.42 Å². The lowest BCUT2D eigenvalue weighted by Crippen LogP contribution is -2.13. The number of anilines is 1. The fraction of sp³-hybridized carbons (Fsp3) is 0.615. The van der Waals surface area contributed by atoms with Crippen molar-refractivity contribution in [1.29, 1.82) is 0 Å². The summed E-state index contributed by atoms with van der Waals surface area (Å²) >= 11 is 0. The molecule has 7 heteroatoms. The standard InChI is InChI=1S/C13H21N3O4/c1-10(2)6-8-20-9-7-14-13-11(16(17)18)4-5-12(15-13)19-3/h4-5,10H,6-9H2,1-3H3,(H,14,15). The summed E-state index contributed by atoms with van der Waals surface area (Å²) in [4.78, 5) is 14.4. The van der Waals surface area contributed by atoms with Crippen molar-refractivity contribution in [2.45, 2.75) is 20.3 Å². The quantitative estimate of drug-likeness (QED) is 0.425. The van der Waals surface area contributed by atoms with Gasteiger partial charge in [0.25, 0.3) is 0 Å². The van der Waals surface area contributed by atoms with Crippen molar-refractivity contribution < 1.29 is 14.4 Å². The second-order valence-electron chi connectivity index (χ2n) is 4.70.